The molecule has 6 heteroatoms. The molecule has 0 spiro atoms. The fourth-order valence-electron chi connectivity index (χ4n) is 3.21. The summed E-state index contributed by atoms with van der Waals surface area (Å²) < 4.78 is 5.79. The number of hydrogen-bond donors (Lipinski definition) is 1. The number of amides is 1. The van der Waals surface area contributed by atoms with E-state index in [4.69, 9.17) is 4.74 Å². The van der Waals surface area contributed by atoms with Gasteiger partial charge in [0.25, 0.3) is 0 Å². The van der Waals surface area contributed by atoms with E-state index in [0.29, 0.717) is 19.0 Å². The molecule has 1 aliphatic heterocycles. The number of hydrogen-bond acceptors (Lipinski definition) is 5. The van der Waals surface area contributed by atoms with Crippen LogP contribution in [0.3, 0.4) is 0 Å². The molecule has 2 rings (SSSR count). The van der Waals surface area contributed by atoms with E-state index in [2.05, 4.69) is 54.6 Å². The maximum Gasteiger partial charge on any atom is 0.234 e. The molecule has 1 heterocycles. The third kappa shape index (κ3) is 7.66. The van der Waals surface area contributed by atoms with Crippen molar-refractivity contribution in [2.24, 2.45) is 5.92 Å². The highest BCUT2D eigenvalue weighted by Crippen LogP contribution is 2.15. The van der Waals surface area contributed by atoms with Gasteiger partial charge < -0.3 is 10.1 Å². The molecule has 1 unspecified atom stereocenters. The molecule has 0 aromatic heterocycles. The molecule has 1 N–H and O–H groups in total. The summed E-state index contributed by atoms with van der Waals surface area (Å²) in [4.78, 5) is 17.9. The van der Waals surface area contributed by atoms with Crippen LogP contribution in [-0.4, -0.2) is 74.4 Å². The molecule has 0 radical (unpaired) electrons. The van der Waals surface area contributed by atoms with E-state index in [1.807, 2.05) is 11.9 Å². The molecule has 1 aliphatic rings. The number of carbonyl (C=O) groups excluding carboxylic acids is 1. The summed E-state index contributed by atoms with van der Waals surface area (Å²) in [7, 11) is 1.98. The van der Waals surface area contributed by atoms with E-state index in [1.165, 1.54) is 10.5 Å². The van der Waals surface area contributed by atoms with Crippen molar-refractivity contribution in [3.8, 4) is 0 Å². The molecular weight excluding hydrogens is 346 g/mol. The van der Waals surface area contributed by atoms with Gasteiger partial charge in [0.05, 0.1) is 19.3 Å². The number of morpholine rings is 1. The van der Waals surface area contributed by atoms with Crippen molar-refractivity contribution in [1.82, 2.24) is 15.1 Å². The van der Waals surface area contributed by atoms with Gasteiger partial charge in [-0.15, -0.1) is 11.8 Å². The van der Waals surface area contributed by atoms with Crippen molar-refractivity contribution in [3.05, 3.63) is 29.8 Å². The second kappa shape index (κ2) is 10.9. The molecule has 1 fully saturated rings. The number of thioether (sulfide) groups is 1. The summed E-state index contributed by atoms with van der Waals surface area (Å²) in [5.74, 6) is 0.708. The summed E-state index contributed by atoms with van der Waals surface area (Å²) >= 11 is 1.74. The predicted molar refractivity (Wildman–Crippen MR) is 109 cm³/mol. The number of rotatable bonds is 9. The highest BCUT2D eigenvalue weighted by atomic mass is 32.2. The number of ether oxygens (including phenoxy) is 1. The van der Waals surface area contributed by atoms with Crippen LogP contribution < -0.4 is 5.32 Å². The minimum absolute atomic E-state index is 0.0535. The van der Waals surface area contributed by atoms with Crippen LogP contribution in [0.15, 0.2) is 29.2 Å². The number of benzene rings is 1. The first-order chi connectivity index (χ1) is 12.5. The Balaban J connectivity index is 1.68. The topological polar surface area (TPSA) is 44.8 Å². The maximum atomic E-state index is 12.2. The Labute approximate surface area is 162 Å². The Morgan fingerprint density at radius 3 is 2.77 bits per heavy atom. The van der Waals surface area contributed by atoms with Crippen LogP contribution in [0.5, 0.6) is 0 Å². The van der Waals surface area contributed by atoms with Crippen molar-refractivity contribution in [2.45, 2.75) is 31.4 Å². The Bertz CT molecular complexity index is 550. The SMILES string of the molecule is CSc1ccc(CN(C)CC(=O)NCC2CN(CC(C)C)CCO2)cc1. The third-order valence-electron chi connectivity index (χ3n) is 4.40. The molecule has 1 aromatic rings. The lowest BCUT2D eigenvalue weighted by Gasteiger charge is -2.34. The number of carbonyl (C=O) groups is 1. The fourth-order valence-corrected chi connectivity index (χ4v) is 3.62. The molecule has 0 saturated carbocycles. The monoisotopic (exact) mass is 379 g/mol. The normalized spacial score (nSPS) is 18.5. The van der Waals surface area contributed by atoms with E-state index < -0.39 is 0 Å². The number of nitrogens with one attached hydrogen (secondary N) is 1. The molecule has 1 amide bonds. The summed E-state index contributed by atoms with van der Waals surface area (Å²) in [5, 5.41) is 3.03. The van der Waals surface area contributed by atoms with Crippen molar-refractivity contribution < 1.29 is 9.53 Å². The van der Waals surface area contributed by atoms with Gasteiger partial charge in [-0.05, 0) is 36.9 Å². The standard InChI is InChI=1S/C20H33N3O2S/c1-16(2)12-23-9-10-25-18(14-23)11-21-20(24)15-22(3)13-17-5-7-19(26-4)8-6-17/h5-8,16,18H,9-15H2,1-4H3,(H,21,24). The highest BCUT2D eigenvalue weighted by Gasteiger charge is 2.21. The third-order valence-corrected chi connectivity index (χ3v) is 5.14. The van der Waals surface area contributed by atoms with Crippen LogP contribution in [0.25, 0.3) is 0 Å². The van der Waals surface area contributed by atoms with E-state index >= 15 is 0 Å². The smallest absolute Gasteiger partial charge is 0.234 e. The molecular formula is C20H33N3O2S. The minimum atomic E-state index is 0.0535. The van der Waals surface area contributed by atoms with Crippen LogP contribution in [0.4, 0.5) is 0 Å². The fraction of sp³-hybridized carbons (Fsp3) is 0.650. The number of nitrogens with zero attached hydrogens (tertiary/aromatic N) is 2. The van der Waals surface area contributed by atoms with Crippen molar-refractivity contribution in [1.29, 1.82) is 0 Å². The lowest BCUT2D eigenvalue weighted by Crippen LogP contribution is -2.49. The largest absolute Gasteiger partial charge is 0.374 e. The zero-order chi connectivity index (χ0) is 18.9. The maximum absolute atomic E-state index is 12.2. The van der Waals surface area contributed by atoms with Gasteiger partial charge in [-0.25, -0.2) is 0 Å². The average molecular weight is 380 g/mol. The molecule has 1 aromatic carbocycles. The van der Waals surface area contributed by atoms with Crippen LogP contribution in [0.1, 0.15) is 19.4 Å². The Morgan fingerprint density at radius 1 is 1.38 bits per heavy atom. The van der Waals surface area contributed by atoms with Gasteiger partial charge in [0.1, 0.15) is 0 Å². The quantitative estimate of drug-likeness (QED) is 0.667. The van der Waals surface area contributed by atoms with Crippen molar-refractivity contribution in [3.63, 3.8) is 0 Å². The Morgan fingerprint density at radius 2 is 2.12 bits per heavy atom. The van der Waals surface area contributed by atoms with Gasteiger partial charge in [0.15, 0.2) is 0 Å². The predicted octanol–water partition coefficient (Wildman–Crippen LogP) is 2.31. The van der Waals surface area contributed by atoms with Crippen LogP contribution in [-0.2, 0) is 16.1 Å². The summed E-state index contributed by atoms with van der Waals surface area (Å²) in [6, 6.07) is 8.49. The molecule has 146 valence electrons. The summed E-state index contributed by atoms with van der Waals surface area (Å²) in [6.45, 7) is 9.94. The van der Waals surface area contributed by atoms with Crippen LogP contribution in [0, 0.1) is 5.92 Å². The zero-order valence-corrected chi connectivity index (χ0v) is 17.3. The second-order valence-electron chi connectivity index (χ2n) is 7.47. The van der Waals surface area contributed by atoms with Gasteiger partial charge in [0.2, 0.25) is 5.91 Å². The molecule has 26 heavy (non-hydrogen) atoms. The van der Waals surface area contributed by atoms with Gasteiger partial charge in [0, 0.05) is 37.6 Å². The Kier molecular flexibility index (Phi) is 8.91. The molecule has 5 nitrogen and oxygen atoms in total. The van der Waals surface area contributed by atoms with Gasteiger partial charge >= 0.3 is 0 Å². The first-order valence-electron chi connectivity index (χ1n) is 9.38. The molecule has 1 saturated heterocycles. The average Bonchev–Trinajstić information content (AvgIpc) is 2.60. The van der Waals surface area contributed by atoms with Gasteiger partial charge in [-0.3, -0.25) is 14.6 Å². The Hall–Kier alpha value is -1.08. The molecule has 1 atom stereocenters. The molecule has 0 aliphatic carbocycles. The minimum Gasteiger partial charge on any atom is -0.374 e. The summed E-state index contributed by atoms with van der Waals surface area (Å²) in [6.07, 6.45) is 2.17. The first kappa shape index (κ1) is 21.2. The van der Waals surface area contributed by atoms with E-state index in [0.717, 1.165) is 32.8 Å². The molecule has 0 bridgehead atoms. The van der Waals surface area contributed by atoms with E-state index in [1.54, 1.807) is 11.8 Å². The van der Waals surface area contributed by atoms with Gasteiger partial charge in [-0.1, -0.05) is 26.0 Å². The van der Waals surface area contributed by atoms with Gasteiger partial charge in [-0.2, -0.15) is 0 Å². The van der Waals surface area contributed by atoms with Crippen molar-refractivity contribution >= 4 is 17.7 Å². The zero-order valence-electron chi connectivity index (χ0n) is 16.5. The van der Waals surface area contributed by atoms with E-state index in [-0.39, 0.29) is 12.0 Å². The first-order valence-corrected chi connectivity index (χ1v) is 10.6. The second-order valence-corrected chi connectivity index (χ2v) is 8.35. The summed E-state index contributed by atoms with van der Waals surface area (Å²) in [5.41, 5.74) is 1.22. The highest BCUT2D eigenvalue weighted by molar-refractivity contribution is 7.98. The van der Waals surface area contributed by atoms with Crippen LogP contribution in [0.2, 0.25) is 0 Å². The lowest BCUT2D eigenvalue weighted by molar-refractivity contribution is -0.123. The van der Waals surface area contributed by atoms with Crippen LogP contribution >= 0.6 is 11.8 Å². The van der Waals surface area contributed by atoms with Crippen molar-refractivity contribution in [2.75, 3.05) is 52.6 Å². The van der Waals surface area contributed by atoms with E-state index in [9.17, 15) is 4.79 Å². The number of likely N-dealkylation sites (N-methyl/N-ethyl adjacent to an activating group) is 1. The lowest BCUT2D eigenvalue weighted by atomic mass is 10.2.